The number of hydrogen-bond donors (Lipinski definition) is 2. The summed E-state index contributed by atoms with van der Waals surface area (Å²) in [4.78, 5) is 6.50. The summed E-state index contributed by atoms with van der Waals surface area (Å²) in [5.74, 6) is 1.67. The molecule has 0 aliphatic heterocycles. The van der Waals surface area contributed by atoms with Crippen LogP contribution in [0.3, 0.4) is 0 Å². The molecule has 0 bridgehead atoms. The van der Waals surface area contributed by atoms with Crippen LogP contribution >= 0.6 is 24.0 Å². The SMILES string of the molecule is CN=C(NCCOCC1CC1)NCCN(C)CCCOC.I. The second-order valence-electron chi connectivity index (χ2n) is 5.59. The summed E-state index contributed by atoms with van der Waals surface area (Å²) < 4.78 is 10.6. The number of nitrogens with zero attached hydrogens (tertiary/aromatic N) is 2. The smallest absolute Gasteiger partial charge is 0.191 e. The highest BCUT2D eigenvalue weighted by Crippen LogP contribution is 2.28. The average Bonchev–Trinajstić information content (AvgIpc) is 3.29. The van der Waals surface area contributed by atoms with Gasteiger partial charge >= 0.3 is 0 Å². The van der Waals surface area contributed by atoms with Crippen molar-refractivity contribution in [3.8, 4) is 0 Å². The molecule has 0 atom stereocenters. The van der Waals surface area contributed by atoms with E-state index in [9.17, 15) is 0 Å². The third-order valence-electron chi connectivity index (χ3n) is 3.49. The number of ether oxygens (including phenoxy) is 2. The van der Waals surface area contributed by atoms with Gasteiger partial charge < -0.3 is 25.0 Å². The second-order valence-corrected chi connectivity index (χ2v) is 5.59. The molecule has 132 valence electrons. The fourth-order valence-electron chi connectivity index (χ4n) is 1.95. The molecule has 0 aromatic rings. The van der Waals surface area contributed by atoms with E-state index in [4.69, 9.17) is 9.47 Å². The standard InChI is InChI=1S/C15H32N4O2.HI/c1-16-15(18-8-12-21-13-14-5-6-14)17-7-10-19(2)9-4-11-20-3;/h14H,4-13H2,1-3H3,(H2,16,17,18);1H. The number of halogens is 1. The van der Waals surface area contributed by atoms with E-state index in [0.717, 1.165) is 64.3 Å². The molecule has 1 rings (SSSR count). The van der Waals surface area contributed by atoms with Crippen molar-refractivity contribution in [1.82, 2.24) is 15.5 Å². The Kier molecular flexibility index (Phi) is 14.4. The maximum atomic E-state index is 5.58. The molecule has 0 aromatic heterocycles. The van der Waals surface area contributed by atoms with E-state index < -0.39 is 0 Å². The van der Waals surface area contributed by atoms with Crippen LogP contribution in [0.25, 0.3) is 0 Å². The Balaban J connectivity index is 0.00000441. The lowest BCUT2D eigenvalue weighted by atomic mass is 10.4. The predicted octanol–water partition coefficient (Wildman–Crippen LogP) is 1.16. The van der Waals surface area contributed by atoms with Crippen LogP contribution < -0.4 is 10.6 Å². The van der Waals surface area contributed by atoms with Gasteiger partial charge in [-0.15, -0.1) is 24.0 Å². The van der Waals surface area contributed by atoms with E-state index >= 15 is 0 Å². The first-order valence-electron chi connectivity index (χ1n) is 7.96. The number of aliphatic imine (C=N–C) groups is 1. The van der Waals surface area contributed by atoms with Crippen molar-refractivity contribution >= 4 is 29.9 Å². The molecule has 2 N–H and O–H groups in total. The fourth-order valence-corrected chi connectivity index (χ4v) is 1.95. The summed E-state index contributed by atoms with van der Waals surface area (Å²) in [5, 5.41) is 6.58. The van der Waals surface area contributed by atoms with E-state index in [-0.39, 0.29) is 24.0 Å². The molecule has 0 amide bonds. The Bertz CT molecular complexity index is 289. The lowest BCUT2D eigenvalue weighted by Gasteiger charge is -2.18. The van der Waals surface area contributed by atoms with Crippen LogP contribution in [-0.4, -0.2) is 78.1 Å². The van der Waals surface area contributed by atoms with Gasteiger partial charge in [0.1, 0.15) is 0 Å². The number of hydrogen-bond acceptors (Lipinski definition) is 4. The number of methoxy groups -OCH3 is 1. The molecule has 0 unspecified atom stereocenters. The van der Waals surface area contributed by atoms with Crippen LogP contribution in [0.15, 0.2) is 4.99 Å². The largest absolute Gasteiger partial charge is 0.385 e. The predicted molar refractivity (Wildman–Crippen MR) is 102 cm³/mol. The van der Waals surface area contributed by atoms with Gasteiger partial charge in [0.05, 0.1) is 6.61 Å². The summed E-state index contributed by atoms with van der Waals surface area (Å²) in [6.07, 6.45) is 3.75. The Labute approximate surface area is 152 Å². The molecule has 1 fully saturated rings. The van der Waals surface area contributed by atoms with Crippen LogP contribution in [0.1, 0.15) is 19.3 Å². The van der Waals surface area contributed by atoms with E-state index in [1.165, 1.54) is 12.8 Å². The summed E-state index contributed by atoms with van der Waals surface area (Å²) in [6.45, 7) is 6.21. The third kappa shape index (κ3) is 12.4. The highest BCUT2D eigenvalue weighted by molar-refractivity contribution is 14.0. The van der Waals surface area contributed by atoms with Gasteiger partial charge in [-0.2, -0.15) is 0 Å². The molecule has 0 aromatic carbocycles. The Morgan fingerprint density at radius 3 is 2.55 bits per heavy atom. The van der Waals surface area contributed by atoms with Crippen molar-refractivity contribution in [2.75, 3.05) is 67.2 Å². The van der Waals surface area contributed by atoms with Crippen molar-refractivity contribution in [2.45, 2.75) is 19.3 Å². The summed E-state index contributed by atoms with van der Waals surface area (Å²) >= 11 is 0. The lowest BCUT2D eigenvalue weighted by Crippen LogP contribution is -2.42. The van der Waals surface area contributed by atoms with Gasteiger partial charge in [-0.25, -0.2) is 0 Å². The van der Waals surface area contributed by atoms with E-state index in [1.54, 1.807) is 14.2 Å². The zero-order chi connectivity index (χ0) is 15.3. The van der Waals surface area contributed by atoms with Gasteiger partial charge in [0, 0.05) is 53.6 Å². The number of guanidine groups is 1. The van der Waals surface area contributed by atoms with Gasteiger partial charge in [-0.3, -0.25) is 4.99 Å². The molecule has 1 aliphatic rings. The lowest BCUT2D eigenvalue weighted by molar-refractivity contribution is 0.129. The number of rotatable bonds is 12. The van der Waals surface area contributed by atoms with Crippen molar-refractivity contribution in [3.63, 3.8) is 0 Å². The first kappa shape index (κ1) is 21.9. The Hall–Kier alpha value is -0.120. The molecule has 0 spiro atoms. The fraction of sp³-hybridized carbons (Fsp3) is 0.933. The highest BCUT2D eigenvalue weighted by Gasteiger charge is 2.20. The zero-order valence-electron chi connectivity index (χ0n) is 14.3. The minimum absolute atomic E-state index is 0. The van der Waals surface area contributed by atoms with Crippen LogP contribution in [0.5, 0.6) is 0 Å². The van der Waals surface area contributed by atoms with Crippen LogP contribution in [0, 0.1) is 5.92 Å². The number of likely N-dealkylation sites (N-methyl/N-ethyl adjacent to an activating group) is 1. The Morgan fingerprint density at radius 2 is 1.91 bits per heavy atom. The minimum atomic E-state index is 0. The highest BCUT2D eigenvalue weighted by atomic mass is 127. The quantitative estimate of drug-likeness (QED) is 0.212. The summed E-state index contributed by atoms with van der Waals surface area (Å²) in [6, 6.07) is 0. The third-order valence-corrected chi connectivity index (χ3v) is 3.49. The van der Waals surface area contributed by atoms with E-state index in [2.05, 4.69) is 27.6 Å². The molecule has 0 radical (unpaired) electrons. The van der Waals surface area contributed by atoms with Gasteiger partial charge in [0.2, 0.25) is 0 Å². The first-order chi connectivity index (χ1) is 10.3. The minimum Gasteiger partial charge on any atom is -0.385 e. The molecular weight excluding hydrogens is 395 g/mol. The number of nitrogens with one attached hydrogen (secondary N) is 2. The summed E-state index contributed by atoms with van der Waals surface area (Å²) in [7, 11) is 5.66. The van der Waals surface area contributed by atoms with Crippen molar-refractivity contribution < 1.29 is 9.47 Å². The van der Waals surface area contributed by atoms with E-state index in [0.29, 0.717) is 0 Å². The molecule has 0 saturated heterocycles. The molecule has 7 heteroatoms. The average molecular weight is 428 g/mol. The first-order valence-corrected chi connectivity index (χ1v) is 7.96. The maximum Gasteiger partial charge on any atom is 0.191 e. The Morgan fingerprint density at radius 1 is 1.18 bits per heavy atom. The van der Waals surface area contributed by atoms with Crippen molar-refractivity contribution in [2.24, 2.45) is 10.9 Å². The second kappa shape index (κ2) is 14.5. The van der Waals surface area contributed by atoms with Crippen molar-refractivity contribution in [1.29, 1.82) is 0 Å². The molecule has 0 heterocycles. The van der Waals surface area contributed by atoms with Crippen molar-refractivity contribution in [3.05, 3.63) is 0 Å². The van der Waals surface area contributed by atoms with Gasteiger partial charge in [-0.1, -0.05) is 0 Å². The maximum absolute atomic E-state index is 5.58. The van der Waals surface area contributed by atoms with Crippen LogP contribution in [0.4, 0.5) is 0 Å². The molecule has 22 heavy (non-hydrogen) atoms. The topological polar surface area (TPSA) is 58.1 Å². The van der Waals surface area contributed by atoms with Gasteiger partial charge in [0.15, 0.2) is 5.96 Å². The zero-order valence-corrected chi connectivity index (χ0v) is 16.6. The monoisotopic (exact) mass is 428 g/mol. The van der Waals surface area contributed by atoms with E-state index in [1.807, 2.05) is 0 Å². The summed E-state index contributed by atoms with van der Waals surface area (Å²) in [5.41, 5.74) is 0. The molecule has 6 nitrogen and oxygen atoms in total. The van der Waals surface area contributed by atoms with Gasteiger partial charge in [0.25, 0.3) is 0 Å². The molecule has 1 aliphatic carbocycles. The van der Waals surface area contributed by atoms with Crippen LogP contribution in [0.2, 0.25) is 0 Å². The van der Waals surface area contributed by atoms with Crippen LogP contribution in [-0.2, 0) is 9.47 Å². The normalized spacial score (nSPS) is 14.8. The molecule has 1 saturated carbocycles. The van der Waals surface area contributed by atoms with Gasteiger partial charge in [-0.05, 0) is 32.2 Å². The molecular formula is C15H33IN4O2.